The highest BCUT2D eigenvalue weighted by Gasteiger charge is 1.87. The molecule has 0 atom stereocenters. The first kappa shape index (κ1) is 12.8. The Hall–Kier alpha value is -0.810. The van der Waals surface area contributed by atoms with E-state index in [0.29, 0.717) is 0 Å². The number of rotatable bonds is 2. The van der Waals surface area contributed by atoms with Crippen LogP contribution in [0, 0.1) is 0 Å². The van der Waals surface area contributed by atoms with Crippen molar-refractivity contribution in [3.8, 4) is 0 Å². The van der Waals surface area contributed by atoms with Crippen molar-refractivity contribution in [1.82, 2.24) is 4.90 Å². The van der Waals surface area contributed by atoms with Crippen LogP contribution >= 0.6 is 0 Å². The highest BCUT2D eigenvalue weighted by molar-refractivity contribution is 5.64. The first-order valence-electron chi connectivity index (χ1n) is 3.14. The van der Waals surface area contributed by atoms with Gasteiger partial charge >= 0.3 is 6.09 Å². The van der Waals surface area contributed by atoms with Gasteiger partial charge in [0.25, 0.3) is 0 Å². The molecule has 0 aromatic heterocycles. The van der Waals surface area contributed by atoms with Gasteiger partial charge in [0.1, 0.15) is 6.61 Å². The van der Waals surface area contributed by atoms with Gasteiger partial charge in [0.05, 0.1) is 6.61 Å². The van der Waals surface area contributed by atoms with E-state index in [-0.39, 0.29) is 13.2 Å². The minimum Gasteiger partial charge on any atom is -0.447 e. The molecule has 0 unspecified atom stereocenters. The van der Waals surface area contributed by atoms with E-state index in [0.717, 1.165) is 0 Å². The van der Waals surface area contributed by atoms with E-state index in [1.807, 2.05) is 26.0 Å². The Kier molecular flexibility index (Phi) is 10.7. The van der Waals surface area contributed by atoms with Gasteiger partial charge in [-0.1, -0.05) is 0 Å². The number of ether oxygens (including phenoxy) is 1. The second kappa shape index (κ2) is 9.19. The molecule has 5 heteroatoms. The lowest BCUT2D eigenvalue weighted by Gasteiger charge is -1.92. The summed E-state index contributed by atoms with van der Waals surface area (Å²) >= 11 is 0. The zero-order chi connectivity index (χ0) is 9.28. The molecule has 68 valence electrons. The van der Waals surface area contributed by atoms with E-state index in [9.17, 15) is 4.79 Å². The monoisotopic (exact) mass is 164 g/mol. The zero-order valence-electron chi connectivity index (χ0n) is 7.20. The summed E-state index contributed by atoms with van der Waals surface area (Å²) in [6.45, 7) is -0.196. The van der Waals surface area contributed by atoms with E-state index < -0.39 is 6.09 Å². The van der Waals surface area contributed by atoms with Gasteiger partial charge < -0.3 is 20.5 Å². The number of primary amides is 1. The standard InChI is InChI=1S/C3H7NO3.C3H9N/c4-3(6)7-2-1-5;1-4(2)3/h5H,1-2H2,(H2,4,6);1-3H3. The maximum Gasteiger partial charge on any atom is 0.404 e. The largest absolute Gasteiger partial charge is 0.447 e. The molecule has 5 nitrogen and oxygen atoms in total. The van der Waals surface area contributed by atoms with Crippen LogP contribution in [0.25, 0.3) is 0 Å². The first-order chi connectivity index (χ1) is 5.00. The van der Waals surface area contributed by atoms with Gasteiger partial charge in [-0.15, -0.1) is 0 Å². The van der Waals surface area contributed by atoms with Crippen LogP contribution in [0.4, 0.5) is 4.79 Å². The lowest BCUT2D eigenvalue weighted by atomic mass is 10.8. The van der Waals surface area contributed by atoms with Gasteiger partial charge in [-0.3, -0.25) is 0 Å². The van der Waals surface area contributed by atoms with Gasteiger partial charge in [0, 0.05) is 0 Å². The second-order valence-electron chi connectivity index (χ2n) is 2.23. The number of aliphatic hydroxyl groups is 1. The number of aliphatic hydroxyl groups excluding tert-OH is 1. The molecule has 0 bridgehead atoms. The third-order valence-corrected chi connectivity index (χ3v) is 0.336. The van der Waals surface area contributed by atoms with E-state index in [1.54, 1.807) is 0 Å². The Morgan fingerprint density at radius 2 is 1.91 bits per heavy atom. The number of hydrogen-bond acceptors (Lipinski definition) is 4. The third-order valence-electron chi connectivity index (χ3n) is 0.336. The zero-order valence-corrected chi connectivity index (χ0v) is 7.20. The number of carbonyl (C=O) groups is 1. The maximum atomic E-state index is 9.65. The normalized spacial score (nSPS) is 8.45. The number of carbonyl (C=O) groups excluding carboxylic acids is 1. The molecule has 0 fully saturated rings. The topological polar surface area (TPSA) is 75.8 Å². The van der Waals surface area contributed by atoms with E-state index in [4.69, 9.17) is 5.11 Å². The third kappa shape index (κ3) is 46.7. The summed E-state index contributed by atoms with van der Waals surface area (Å²) in [4.78, 5) is 11.6. The molecule has 0 saturated heterocycles. The van der Waals surface area contributed by atoms with Crippen LogP contribution in [-0.4, -0.2) is 50.5 Å². The van der Waals surface area contributed by atoms with Crippen molar-refractivity contribution >= 4 is 6.09 Å². The first-order valence-corrected chi connectivity index (χ1v) is 3.14. The van der Waals surface area contributed by atoms with E-state index in [1.165, 1.54) is 0 Å². The average Bonchev–Trinajstić information content (AvgIpc) is 1.82. The summed E-state index contributed by atoms with van der Waals surface area (Å²) in [6, 6.07) is 0. The van der Waals surface area contributed by atoms with Crippen molar-refractivity contribution in [2.24, 2.45) is 5.73 Å². The van der Waals surface area contributed by atoms with Crippen LogP contribution in [0.15, 0.2) is 0 Å². The Morgan fingerprint density at radius 3 is 2.00 bits per heavy atom. The molecule has 0 aliphatic rings. The van der Waals surface area contributed by atoms with Crippen molar-refractivity contribution in [3.05, 3.63) is 0 Å². The predicted molar refractivity (Wildman–Crippen MR) is 42.2 cm³/mol. The second-order valence-corrected chi connectivity index (χ2v) is 2.23. The van der Waals surface area contributed by atoms with Crippen molar-refractivity contribution in [2.75, 3.05) is 34.4 Å². The Labute approximate surface area is 66.7 Å². The van der Waals surface area contributed by atoms with Crippen LogP contribution < -0.4 is 5.73 Å². The van der Waals surface area contributed by atoms with Gasteiger partial charge in [-0.2, -0.15) is 0 Å². The van der Waals surface area contributed by atoms with Crippen molar-refractivity contribution in [1.29, 1.82) is 0 Å². The molecular formula is C6H16N2O3. The summed E-state index contributed by atoms with van der Waals surface area (Å²) in [6.07, 6.45) is -0.853. The smallest absolute Gasteiger partial charge is 0.404 e. The molecule has 0 aliphatic carbocycles. The van der Waals surface area contributed by atoms with Gasteiger partial charge in [-0.25, -0.2) is 4.79 Å². The molecule has 0 saturated carbocycles. The molecule has 0 heterocycles. The quantitative estimate of drug-likeness (QED) is 0.563. The molecular weight excluding hydrogens is 148 g/mol. The highest BCUT2D eigenvalue weighted by atomic mass is 16.6. The van der Waals surface area contributed by atoms with Crippen molar-refractivity contribution < 1.29 is 14.6 Å². The fourth-order valence-corrected chi connectivity index (χ4v) is 0.146. The minimum atomic E-state index is -0.853. The number of hydrogen-bond donors (Lipinski definition) is 2. The van der Waals surface area contributed by atoms with Gasteiger partial charge in [0.2, 0.25) is 0 Å². The summed E-state index contributed by atoms with van der Waals surface area (Å²) in [5, 5.41) is 7.98. The molecule has 0 radical (unpaired) electrons. The summed E-state index contributed by atoms with van der Waals surface area (Å²) in [5.41, 5.74) is 4.51. The predicted octanol–water partition coefficient (Wildman–Crippen LogP) is -0.748. The van der Waals surface area contributed by atoms with Crippen LogP contribution in [0.1, 0.15) is 0 Å². The Morgan fingerprint density at radius 1 is 1.55 bits per heavy atom. The molecule has 0 aromatic carbocycles. The maximum absolute atomic E-state index is 9.65. The molecule has 0 aliphatic heterocycles. The minimum absolute atomic E-state index is 0.0185. The molecule has 1 amide bonds. The lowest BCUT2D eigenvalue weighted by molar-refractivity contribution is 0.127. The Balaban J connectivity index is 0. The Bertz CT molecular complexity index is 93.1. The molecule has 0 spiro atoms. The lowest BCUT2D eigenvalue weighted by Crippen LogP contribution is -2.15. The highest BCUT2D eigenvalue weighted by Crippen LogP contribution is 1.67. The van der Waals surface area contributed by atoms with Crippen molar-refractivity contribution in [3.63, 3.8) is 0 Å². The van der Waals surface area contributed by atoms with E-state index >= 15 is 0 Å². The fourth-order valence-electron chi connectivity index (χ4n) is 0.146. The fraction of sp³-hybridized carbons (Fsp3) is 0.833. The SMILES string of the molecule is CN(C)C.NC(=O)OCCO. The van der Waals surface area contributed by atoms with E-state index in [2.05, 4.69) is 10.5 Å². The molecule has 3 N–H and O–H groups in total. The number of amides is 1. The molecule has 11 heavy (non-hydrogen) atoms. The van der Waals surface area contributed by atoms with Gasteiger partial charge in [0.15, 0.2) is 0 Å². The number of nitrogens with two attached hydrogens (primary N) is 1. The van der Waals surface area contributed by atoms with Crippen LogP contribution in [0.3, 0.4) is 0 Å². The number of nitrogens with zero attached hydrogens (tertiary/aromatic N) is 1. The average molecular weight is 164 g/mol. The summed E-state index contributed by atoms with van der Waals surface area (Å²) in [5.74, 6) is 0. The van der Waals surface area contributed by atoms with Crippen LogP contribution in [0.5, 0.6) is 0 Å². The van der Waals surface area contributed by atoms with Crippen molar-refractivity contribution in [2.45, 2.75) is 0 Å². The van der Waals surface area contributed by atoms with Crippen LogP contribution in [-0.2, 0) is 4.74 Å². The molecule has 0 rings (SSSR count). The molecule has 0 aromatic rings. The van der Waals surface area contributed by atoms with Crippen LogP contribution in [0.2, 0.25) is 0 Å². The summed E-state index contributed by atoms with van der Waals surface area (Å²) in [7, 11) is 6.00. The van der Waals surface area contributed by atoms with Gasteiger partial charge in [-0.05, 0) is 21.1 Å². The summed E-state index contributed by atoms with van der Waals surface area (Å²) < 4.78 is 4.08.